The molecule has 0 saturated heterocycles. The van der Waals surface area contributed by atoms with Crippen LogP contribution in [0.5, 0.6) is 0 Å². The molecule has 0 saturated carbocycles. The fourth-order valence-electron chi connectivity index (χ4n) is 2.39. The van der Waals surface area contributed by atoms with Crippen LogP contribution in [0.2, 0.25) is 0 Å². The Balaban J connectivity index is 2.09. The van der Waals surface area contributed by atoms with Gasteiger partial charge in [-0.2, -0.15) is 0 Å². The SMILES string of the molecule is COC(C)CCc1nc2c([nH]1)CCCC2C(=O)O. The van der Waals surface area contributed by atoms with Crippen LogP contribution in [0.1, 0.15) is 49.3 Å². The van der Waals surface area contributed by atoms with Crippen LogP contribution in [0.3, 0.4) is 0 Å². The Bertz CT molecular complexity index is 428. The largest absolute Gasteiger partial charge is 0.481 e. The molecular formula is C13H20N2O3. The molecule has 1 aromatic rings. The molecule has 18 heavy (non-hydrogen) atoms. The Labute approximate surface area is 107 Å². The molecule has 1 aromatic heterocycles. The summed E-state index contributed by atoms with van der Waals surface area (Å²) in [5.74, 6) is -0.310. The zero-order valence-electron chi connectivity index (χ0n) is 10.9. The minimum atomic E-state index is -0.765. The molecule has 0 aliphatic heterocycles. The van der Waals surface area contributed by atoms with E-state index < -0.39 is 11.9 Å². The fourth-order valence-corrected chi connectivity index (χ4v) is 2.39. The van der Waals surface area contributed by atoms with E-state index >= 15 is 0 Å². The van der Waals surface area contributed by atoms with Crippen molar-refractivity contribution in [3.05, 3.63) is 17.2 Å². The second kappa shape index (κ2) is 5.52. The monoisotopic (exact) mass is 252 g/mol. The lowest BCUT2D eigenvalue weighted by Crippen LogP contribution is -2.17. The summed E-state index contributed by atoms with van der Waals surface area (Å²) in [6, 6.07) is 0. The minimum Gasteiger partial charge on any atom is -0.481 e. The maximum atomic E-state index is 11.2. The Morgan fingerprint density at radius 2 is 2.44 bits per heavy atom. The van der Waals surface area contributed by atoms with Crippen molar-refractivity contribution in [3.63, 3.8) is 0 Å². The topological polar surface area (TPSA) is 75.2 Å². The first kappa shape index (κ1) is 13.1. The highest BCUT2D eigenvalue weighted by Gasteiger charge is 2.29. The number of aliphatic carboxylic acids is 1. The number of methoxy groups -OCH3 is 1. The summed E-state index contributed by atoms with van der Waals surface area (Å²) in [7, 11) is 1.69. The standard InChI is InChI=1S/C13H20N2O3/c1-8(18-2)6-7-11-14-10-5-3-4-9(13(16)17)12(10)15-11/h8-9H,3-7H2,1-2H3,(H,14,15)(H,16,17). The molecule has 0 amide bonds. The third-order valence-corrected chi connectivity index (χ3v) is 3.60. The molecular weight excluding hydrogens is 232 g/mol. The van der Waals surface area contributed by atoms with E-state index in [-0.39, 0.29) is 6.10 Å². The first-order valence-corrected chi connectivity index (χ1v) is 6.45. The first-order chi connectivity index (χ1) is 8.61. The van der Waals surface area contributed by atoms with Crippen molar-refractivity contribution in [1.29, 1.82) is 0 Å². The Morgan fingerprint density at radius 3 is 3.11 bits per heavy atom. The average Bonchev–Trinajstić information content (AvgIpc) is 2.77. The molecule has 1 aliphatic carbocycles. The van der Waals surface area contributed by atoms with Crippen molar-refractivity contribution in [2.24, 2.45) is 0 Å². The van der Waals surface area contributed by atoms with Crippen LogP contribution in [0, 0.1) is 0 Å². The number of hydrogen-bond donors (Lipinski definition) is 2. The predicted octanol–water partition coefficient (Wildman–Crippen LogP) is 1.88. The molecule has 5 heteroatoms. The average molecular weight is 252 g/mol. The fraction of sp³-hybridized carbons (Fsp3) is 0.692. The number of ether oxygens (including phenoxy) is 1. The number of H-pyrrole nitrogens is 1. The predicted molar refractivity (Wildman–Crippen MR) is 66.7 cm³/mol. The number of carbonyl (C=O) groups is 1. The molecule has 1 heterocycles. The van der Waals surface area contributed by atoms with E-state index in [1.807, 2.05) is 6.92 Å². The van der Waals surface area contributed by atoms with Crippen LogP contribution >= 0.6 is 0 Å². The van der Waals surface area contributed by atoms with Crippen molar-refractivity contribution in [2.75, 3.05) is 7.11 Å². The number of rotatable bonds is 5. The number of carboxylic acid groups (broad SMARTS) is 1. The van der Waals surface area contributed by atoms with Gasteiger partial charge in [0.05, 0.1) is 11.8 Å². The molecule has 2 N–H and O–H groups in total. The van der Waals surface area contributed by atoms with Gasteiger partial charge in [-0.15, -0.1) is 0 Å². The summed E-state index contributed by atoms with van der Waals surface area (Å²) in [4.78, 5) is 18.9. The lowest BCUT2D eigenvalue weighted by atomic mass is 9.90. The van der Waals surface area contributed by atoms with E-state index in [0.29, 0.717) is 6.42 Å². The third-order valence-electron chi connectivity index (χ3n) is 3.60. The van der Waals surface area contributed by atoms with Gasteiger partial charge in [-0.1, -0.05) is 0 Å². The van der Waals surface area contributed by atoms with Gasteiger partial charge in [0.1, 0.15) is 11.7 Å². The molecule has 0 fully saturated rings. The Kier molecular flexibility index (Phi) is 4.01. The summed E-state index contributed by atoms with van der Waals surface area (Å²) < 4.78 is 5.20. The molecule has 2 atom stereocenters. The van der Waals surface area contributed by atoms with Crippen molar-refractivity contribution in [2.45, 2.75) is 51.0 Å². The number of hydrogen-bond acceptors (Lipinski definition) is 3. The molecule has 0 bridgehead atoms. The van der Waals surface area contributed by atoms with Crippen molar-refractivity contribution < 1.29 is 14.6 Å². The molecule has 2 rings (SSSR count). The smallest absolute Gasteiger partial charge is 0.312 e. The van der Waals surface area contributed by atoms with Gasteiger partial charge in [-0.3, -0.25) is 4.79 Å². The van der Waals surface area contributed by atoms with Crippen LogP contribution in [-0.2, 0) is 22.4 Å². The van der Waals surface area contributed by atoms with E-state index in [4.69, 9.17) is 4.74 Å². The van der Waals surface area contributed by atoms with Crippen LogP contribution < -0.4 is 0 Å². The molecule has 100 valence electrons. The first-order valence-electron chi connectivity index (χ1n) is 6.45. The Hall–Kier alpha value is -1.36. The van der Waals surface area contributed by atoms with Crippen LogP contribution in [-0.4, -0.2) is 34.3 Å². The normalized spacial score (nSPS) is 20.4. The molecule has 2 unspecified atom stereocenters. The van der Waals surface area contributed by atoms with Gasteiger partial charge in [0.15, 0.2) is 0 Å². The molecule has 0 aromatic carbocycles. The van der Waals surface area contributed by atoms with E-state index in [1.165, 1.54) is 0 Å². The van der Waals surface area contributed by atoms with Crippen LogP contribution in [0.15, 0.2) is 0 Å². The van der Waals surface area contributed by atoms with E-state index in [2.05, 4.69) is 9.97 Å². The maximum Gasteiger partial charge on any atom is 0.312 e. The molecule has 5 nitrogen and oxygen atoms in total. The van der Waals surface area contributed by atoms with Crippen molar-refractivity contribution in [1.82, 2.24) is 9.97 Å². The second-order valence-electron chi connectivity index (χ2n) is 4.92. The van der Waals surface area contributed by atoms with Gasteiger partial charge in [0.2, 0.25) is 0 Å². The van der Waals surface area contributed by atoms with Crippen LogP contribution in [0.4, 0.5) is 0 Å². The number of fused-ring (bicyclic) bond motifs is 1. The van der Waals surface area contributed by atoms with Gasteiger partial charge < -0.3 is 14.8 Å². The quantitative estimate of drug-likeness (QED) is 0.839. The molecule has 0 spiro atoms. The maximum absolute atomic E-state index is 11.2. The number of nitrogens with one attached hydrogen (secondary N) is 1. The number of imidazole rings is 1. The summed E-state index contributed by atoms with van der Waals surface area (Å²) >= 11 is 0. The highest BCUT2D eigenvalue weighted by atomic mass is 16.5. The van der Waals surface area contributed by atoms with Crippen molar-refractivity contribution >= 4 is 5.97 Å². The highest BCUT2D eigenvalue weighted by molar-refractivity contribution is 5.76. The second-order valence-corrected chi connectivity index (χ2v) is 4.92. The molecule has 0 radical (unpaired) electrons. The van der Waals surface area contributed by atoms with E-state index in [1.54, 1.807) is 7.11 Å². The zero-order chi connectivity index (χ0) is 13.1. The lowest BCUT2D eigenvalue weighted by molar-refractivity contribution is -0.139. The van der Waals surface area contributed by atoms with Gasteiger partial charge in [0.25, 0.3) is 0 Å². The third kappa shape index (κ3) is 2.72. The number of aromatic amines is 1. The van der Waals surface area contributed by atoms with Gasteiger partial charge in [-0.25, -0.2) is 4.98 Å². The summed E-state index contributed by atoms with van der Waals surface area (Å²) in [6.07, 6.45) is 4.41. The van der Waals surface area contributed by atoms with Gasteiger partial charge in [-0.05, 0) is 32.6 Å². The molecule has 1 aliphatic rings. The number of aryl methyl sites for hydroxylation is 2. The summed E-state index contributed by atoms with van der Waals surface area (Å²) in [5, 5.41) is 9.18. The summed E-state index contributed by atoms with van der Waals surface area (Å²) in [6.45, 7) is 2.02. The number of nitrogens with zero attached hydrogens (tertiary/aromatic N) is 1. The zero-order valence-corrected chi connectivity index (χ0v) is 10.9. The van der Waals surface area contributed by atoms with Crippen molar-refractivity contribution in [3.8, 4) is 0 Å². The van der Waals surface area contributed by atoms with E-state index in [0.717, 1.165) is 42.9 Å². The number of carboxylic acids is 1. The number of aromatic nitrogens is 2. The van der Waals surface area contributed by atoms with Gasteiger partial charge in [0, 0.05) is 19.2 Å². The van der Waals surface area contributed by atoms with E-state index in [9.17, 15) is 9.90 Å². The lowest BCUT2D eigenvalue weighted by Gasteiger charge is -2.16. The Morgan fingerprint density at radius 1 is 1.67 bits per heavy atom. The summed E-state index contributed by atoms with van der Waals surface area (Å²) in [5.41, 5.74) is 1.75. The van der Waals surface area contributed by atoms with Crippen LogP contribution in [0.25, 0.3) is 0 Å². The van der Waals surface area contributed by atoms with Gasteiger partial charge >= 0.3 is 5.97 Å². The minimum absolute atomic E-state index is 0.197. The highest BCUT2D eigenvalue weighted by Crippen LogP contribution is 2.30.